The number of aromatic nitrogens is 3. The molecule has 5 nitrogen and oxygen atoms in total. The third-order valence-corrected chi connectivity index (χ3v) is 3.17. The fourth-order valence-electron chi connectivity index (χ4n) is 2.08. The van der Waals surface area contributed by atoms with E-state index in [-0.39, 0.29) is 6.04 Å². The second kappa shape index (κ2) is 4.51. The lowest BCUT2D eigenvalue weighted by Crippen LogP contribution is -2.10. The predicted octanol–water partition coefficient (Wildman–Crippen LogP) is 2.40. The van der Waals surface area contributed by atoms with E-state index in [4.69, 9.17) is 10.2 Å². The molecule has 0 aliphatic heterocycles. The number of aryl methyl sites for hydroxylation is 2. The van der Waals surface area contributed by atoms with E-state index in [0.29, 0.717) is 5.76 Å². The largest absolute Gasteiger partial charge is 0.457 e. The summed E-state index contributed by atoms with van der Waals surface area (Å²) in [4.78, 5) is 4.42. The highest BCUT2D eigenvalue weighted by Crippen LogP contribution is 2.25. The smallest absolute Gasteiger partial charge is 0.152 e. The van der Waals surface area contributed by atoms with Crippen molar-refractivity contribution in [3.05, 3.63) is 47.6 Å². The zero-order valence-electron chi connectivity index (χ0n) is 11.0. The molecule has 3 heterocycles. The minimum absolute atomic E-state index is 0.310. The fraction of sp³-hybridized carbons (Fsp3) is 0.286. The molecule has 3 aromatic heterocycles. The van der Waals surface area contributed by atoms with Crippen LogP contribution in [-0.4, -0.2) is 14.8 Å². The minimum atomic E-state index is -0.310. The Morgan fingerprint density at radius 1 is 1.42 bits per heavy atom. The van der Waals surface area contributed by atoms with Gasteiger partial charge in [-0.25, -0.2) is 4.98 Å². The van der Waals surface area contributed by atoms with E-state index < -0.39 is 0 Å². The van der Waals surface area contributed by atoms with Crippen LogP contribution in [0.4, 0.5) is 0 Å². The van der Waals surface area contributed by atoms with Gasteiger partial charge in [0.25, 0.3) is 0 Å². The minimum Gasteiger partial charge on any atom is -0.457 e. The molecule has 1 unspecified atom stereocenters. The number of nitrogens with zero attached hydrogens (tertiary/aromatic N) is 3. The summed E-state index contributed by atoms with van der Waals surface area (Å²) >= 11 is 0. The summed E-state index contributed by atoms with van der Waals surface area (Å²) in [6, 6.07) is 5.44. The van der Waals surface area contributed by atoms with Crippen LogP contribution in [0.5, 0.6) is 0 Å². The van der Waals surface area contributed by atoms with Crippen LogP contribution in [0.1, 0.15) is 30.0 Å². The molecule has 0 radical (unpaired) electrons. The van der Waals surface area contributed by atoms with Gasteiger partial charge < -0.3 is 10.2 Å². The zero-order chi connectivity index (χ0) is 13.4. The highest BCUT2D eigenvalue weighted by Gasteiger charge is 2.16. The first-order valence-corrected chi connectivity index (χ1v) is 6.32. The van der Waals surface area contributed by atoms with Crippen LogP contribution in [-0.2, 0) is 6.54 Å². The Hall–Kier alpha value is -2.14. The average Bonchev–Trinajstić information content (AvgIpc) is 3.03. The van der Waals surface area contributed by atoms with Crippen molar-refractivity contribution in [1.82, 2.24) is 14.8 Å². The van der Waals surface area contributed by atoms with Crippen molar-refractivity contribution >= 4 is 11.1 Å². The predicted molar refractivity (Wildman–Crippen MR) is 72.7 cm³/mol. The normalized spacial score (nSPS) is 13.0. The molecule has 0 amide bonds. The van der Waals surface area contributed by atoms with Crippen molar-refractivity contribution < 1.29 is 4.42 Å². The van der Waals surface area contributed by atoms with E-state index in [9.17, 15) is 0 Å². The number of hydrogen-bond donors (Lipinski definition) is 1. The Morgan fingerprint density at radius 3 is 3.00 bits per heavy atom. The van der Waals surface area contributed by atoms with Gasteiger partial charge >= 0.3 is 0 Å². The topological polar surface area (TPSA) is 69.9 Å². The van der Waals surface area contributed by atoms with Crippen LogP contribution in [0.3, 0.4) is 0 Å². The van der Waals surface area contributed by atoms with Gasteiger partial charge in [-0.15, -0.1) is 0 Å². The molecular weight excluding hydrogens is 240 g/mol. The third-order valence-electron chi connectivity index (χ3n) is 3.17. The van der Waals surface area contributed by atoms with Gasteiger partial charge in [-0.1, -0.05) is 0 Å². The molecule has 0 aromatic carbocycles. The Balaban J connectivity index is 1.98. The summed E-state index contributed by atoms with van der Waals surface area (Å²) in [6.45, 7) is 4.82. The summed E-state index contributed by atoms with van der Waals surface area (Å²) in [6.07, 6.45) is 3.72. The molecule has 5 heteroatoms. The Labute approximate surface area is 111 Å². The van der Waals surface area contributed by atoms with Gasteiger partial charge in [0.2, 0.25) is 0 Å². The summed E-state index contributed by atoms with van der Waals surface area (Å²) in [5.41, 5.74) is 9.72. The van der Waals surface area contributed by atoms with Crippen molar-refractivity contribution in [3.63, 3.8) is 0 Å². The van der Waals surface area contributed by atoms with Crippen molar-refractivity contribution in [1.29, 1.82) is 0 Å². The highest BCUT2D eigenvalue weighted by atomic mass is 16.3. The molecule has 0 spiro atoms. The summed E-state index contributed by atoms with van der Waals surface area (Å²) in [5.74, 6) is 0.712. The lowest BCUT2D eigenvalue weighted by atomic mass is 10.1. The second-order valence-corrected chi connectivity index (χ2v) is 4.59. The molecule has 0 fully saturated rings. The van der Waals surface area contributed by atoms with E-state index in [2.05, 4.69) is 10.1 Å². The van der Waals surface area contributed by atoms with Crippen LogP contribution in [0.2, 0.25) is 0 Å². The van der Waals surface area contributed by atoms with E-state index in [0.717, 1.165) is 28.9 Å². The third kappa shape index (κ3) is 2.13. The molecule has 98 valence electrons. The first-order chi connectivity index (χ1) is 9.17. The molecule has 0 aliphatic carbocycles. The van der Waals surface area contributed by atoms with Crippen LogP contribution in [0.25, 0.3) is 11.1 Å². The molecule has 3 aromatic rings. The average molecular weight is 256 g/mol. The molecule has 19 heavy (non-hydrogen) atoms. The lowest BCUT2D eigenvalue weighted by Gasteiger charge is -2.04. The number of hydrogen-bond acceptors (Lipinski definition) is 4. The van der Waals surface area contributed by atoms with Crippen molar-refractivity contribution in [3.8, 4) is 0 Å². The van der Waals surface area contributed by atoms with E-state index in [1.807, 2.05) is 42.9 Å². The maximum Gasteiger partial charge on any atom is 0.152 e. The van der Waals surface area contributed by atoms with Crippen LogP contribution in [0, 0.1) is 6.92 Å². The summed E-state index contributed by atoms with van der Waals surface area (Å²) in [7, 11) is 0. The van der Waals surface area contributed by atoms with Gasteiger partial charge in [0.15, 0.2) is 5.58 Å². The van der Waals surface area contributed by atoms with Crippen LogP contribution < -0.4 is 5.73 Å². The van der Waals surface area contributed by atoms with Gasteiger partial charge in [0.05, 0.1) is 12.2 Å². The van der Waals surface area contributed by atoms with Crippen LogP contribution in [0.15, 0.2) is 35.0 Å². The SMILES string of the molecule is CCn1cc(C(N)c2cc3nc(C)ccc3o2)cn1. The number of fused-ring (bicyclic) bond motifs is 1. The Bertz CT molecular complexity index is 713. The monoisotopic (exact) mass is 256 g/mol. The van der Waals surface area contributed by atoms with Crippen molar-refractivity contribution in [2.45, 2.75) is 26.4 Å². The first kappa shape index (κ1) is 11.9. The fourth-order valence-corrected chi connectivity index (χ4v) is 2.08. The van der Waals surface area contributed by atoms with E-state index >= 15 is 0 Å². The van der Waals surface area contributed by atoms with Gasteiger partial charge in [-0.05, 0) is 26.0 Å². The molecule has 0 aliphatic rings. The molecule has 2 N–H and O–H groups in total. The number of pyridine rings is 1. The molecule has 3 rings (SSSR count). The Kier molecular flexibility index (Phi) is 2.83. The summed E-state index contributed by atoms with van der Waals surface area (Å²) in [5, 5.41) is 4.23. The quantitative estimate of drug-likeness (QED) is 0.781. The van der Waals surface area contributed by atoms with Crippen molar-refractivity contribution in [2.24, 2.45) is 5.73 Å². The first-order valence-electron chi connectivity index (χ1n) is 6.32. The van der Waals surface area contributed by atoms with Gasteiger partial charge in [-0.2, -0.15) is 5.10 Å². The number of furan rings is 1. The molecule has 0 saturated carbocycles. The lowest BCUT2D eigenvalue weighted by molar-refractivity contribution is 0.524. The van der Waals surface area contributed by atoms with Gasteiger partial charge in [0, 0.05) is 30.1 Å². The molecule has 0 saturated heterocycles. The van der Waals surface area contributed by atoms with Gasteiger partial charge in [0.1, 0.15) is 11.3 Å². The van der Waals surface area contributed by atoms with E-state index in [1.165, 1.54) is 0 Å². The maximum absolute atomic E-state index is 6.21. The highest BCUT2D eigenvalue weighted by molar-refractivity contribution is 5.73. The molecule has 1 atom stereocenters. The second-order valence-electron chi connectivity index (χ2n) is 4.59. The van der Waals surface area contributed by atoms with E-state index in [1.54, 1.807) is 6.20 Å². The standard InChI is InChI=1S/C14H16N4O/c1-3-18-8-10(7-16-18)14(15)13-6-11-12(19-13)5-4-9(2)17-11/h4-8,14H,3,15H2,1-2H3. The summed E-state index contributed by atoms with van der Waals surface area (Å²) < 4.78 is 7.61. The Morgan fingerprint density at radius 2 is 2.26 bits per heavy atom. The molecule has 0 bridgehead atoms. The van der Waals surface area contributed by atoms with Crippen LogP contribution >= 0.6 is 0 Å². The van der Waals surface area contributed by atoms with Crippen molar-refractivity contribution in [2.75, 3.05) is 0 Å². The molecular formula is C14H16N4O. The maximum atomic E-state index is 6.21. The number of rotatable bonds is 3. The zero-order valence-corrected chi connectivity index (χ0v) is 11.0. The number of nitrogens with two attached hydrogens (primary N) is 1. The van der Waals surface area contributed by atoms with Gasteiger partial charge in [-0.3, -0.25) is 4.68 Å².